The van der Waals surface area contributed by atoms with Gasteiger partial charge < -0.3 is 9.64 Å². The molecule has 0 bridgehead atoms. The molecule has 1 aliphatic heterocycles. The zero-order valence-corrected chi connectivity index (χ0v) is 10.3. The monoisotopic (exact) mass is 238 g/mol. The third-order valence-electron chi connectivity index (χ3n) is 3.01. The summed E-state index contributed by atoms with van der Waals surface area (Å²) in [6, 6.07) is 0. The molecular formula is C11H18N4O2. The SMILES string of the molecule is Cc1nc(C(=O)N(C)CC2CCOCC2)n[nH]1. The van der Waals surface area contributed by atoms with Crippen LogP contribution in [0.1, 0.15) is 29.3 Å². The predicted molar refractivity (Wildman–Crippen MR) is 61.6 cm³/mol. The summed E-state index contributed by atoms with van der Waals surface area (Å²) in [5, 5.41) is 6.56. The van der Waals surface area contributed by atoms with Crippen molar-refractivity contribution in [3.63, 3.8) is 0 Å². The number of aromatic nitrogens is 3. The molecule has 6 nitrogen and oxygen atoms in total. The summed E-state index contributed by atoms with van der Waals surface area (Å²) in [6.07, 6.45) is 2.04. The average Bonchev–Trinajstić information content (AvgIpc) is 2.76. The molecule has 0 aromatic carbocycles. The van der Waals surface area contributed by atoms with Gasteiger partial charge in [0.1, 0.15) is 5.82 Å². The topological polar surface area (TPSA) is 71.1 Å². The molecule has 1 saturated heterocycles. The second-order valence-electron chi connectivity index (χ2n) is 4.49. The smallest absolute Gasteiger partial charge is 0.293 e. The van der Waals surface area contributed by atoms with E-state index in [0.29, 0.717) is 11.7 Å². The van der Waals surface area contributed by atoms with E-state index in [-0.39, 0.29) is 11.7 Å². The Labute approximate surface area is 100 Å². The van der Waals surface area contributed by atoms with Crippen molar-refractivity contribution in [1.29, 1.82) is 0 Å². The third kappa shape index (κ3) is 3.03. The van der Waals surface area contributed by atoms with E-state index >= 15 is 0 Å². The minimum Gasteiger partial charge on any atom is -0.381 e. The number of carbonyl (C=O) groups is 1. The molecule has 2 rings (SSSR count). The number of aromatic amines is 1. The minimum absolute atomic E-state index is 0.124. The van der Waals surface area contributed by atoms with Gasteiger partial charge in [-0.25, -0.2) is 4.98 Å². The predicted octanol–water partition coefficient (Wildman–Crippen LogP) is 0.612. The van der Waals surface area contributed by atoms with Crippen molar-refractivity contribution in [3.8, 4) is 0 Å². The number of nitrogens with one attached hydrogen (secondary N) is 1. The van der Waals surface area contributed by atoms with Gasteiger partial charge in [-0.2, -0.15) is 0 Å². The number of aryl methyl sites for hydroxylation is 1. The molecule has 94 valence electrons. The first-order valence-electron chi connectivity index (χ1n) is 5.89. The number of amides is 1. The Balaban J connectivity index is 1.90. The van der Waals surface area contributed by atoms with Gasteiger partial charge in [0, 0.05) is 26.8 Å². The normalized spacial score (nSPS) is 17.1. The maximum Gasteiger partial charge on any atom is 0.293 e. The highest BCUT2D eigenvalue weighted by atomic mass is 16.5. The summed E-state index contributed by atoms with van der Waals surface area (Å²) < 4.78 is 5.30. The lowest BCUT2D eigenvalue weighted by molar-refractivity contribution is 0.0493. The fraction of sp³-hybridized carbons (Fsp3) is 0.727. The summed E-state index contributed by atoms with van der Waals surface area (Å²) >= 11 is 0. The van der Waals surface area contributed by atoms with Crippen molar-refractivity contribution in [2.24, 2.45) is 5.92 Å². The molecule has 0 spiro atoms. The van der Waals surface area contributed by atoms with Crippen molar-refractivity contribution in [1.82, 2.24) is 20.1 Å². The standard InChI is InChI=1S/C11H18N4O2/c1-8-12-10(14-13-8)11(16)15(2)7-9-3-5-17-6-4-9/h9H,3-7H2,1-2H3,(H,12,13,14). The Morgan fingerprint density at radius 2 is 2.24 bits per heavy atom. The molecule has 17 heavy (non-hydrogen) atoms. The van der Waals surface area contributed by atoms with Crippen molar-refractivity contribution in [3.05, 3.63) is 11.6 Å². The van der Waals surface area contributed by atoms with Crippen molar-refractivity contribution >= 4 is 5.91 Å². The Bertz CT molecular complexity index is 385. The number of ether oxygens (including phenoxy) is 1. The molecule has 1 fully saturated rings. The molecule has 1 amide bonds. The molecule has 1 N–H and O–H groups in total. The van der Waals surface area contributed by atoms with Gasteiger partial charge in [0.25, 0.3) is 5.91 Å². The number of nitrogens with zero attached hydrogens (tertiary/aromatic N) is 3. The van der Waals surface area contributed by atoms with Gasteiger partial charge in [0.05, 0.1) is 0 Å². The third-order valence-corrected chi connectivity index (χ3v) is 3.01. The van der Waals surface area contributed by atoms with Gasteiger partial charge in [-0.15, -0.1) is 5.10 Å². The number of rotatable bonds is 3. The highest BCUT2D eigenvalue weighted by Crippen LogP contribution is 2.16. The first kappa shape index (κ1) is 12.0. The highest BCUT2D eigenvalue weighted by Gasteiger charge is 2.21. The summed E-state index contributed by atoms with van der Waals surface area (Å²) in [5.41, 5.74) is 0. The van der Waals surface area contributed by atoms with Crippen LogP contribution >= 0.6 is 0 Å². The lowest BCUT2D eigenvalue weighted by atomic mass is 10.00. The van der Waals surface area contributed by atoms with Gasteiger partial charge in [-0.3, -0.25) is 9.89 Å². The van der Waals surface area contributed by atoms with Gasteiger partial charge in [0.15, 0.2) is 0 Å². The van der Waals surface area contributed by atoms with E-state index in [1.807, 2.05) is 0 Å². The quantitative estimate of drug-likeness (QED) is 0.837. The number of carbonyl (C=O) groups excluding carboxylic acids is 1. The maximum absolute atomic E-state index is 12.0. The van der Waals surface area contributed by atoms with Crippen LogP contribution in [0.4, 0.5) is 0 Å². The first-order chi connectivity index (χ1) is 8.16. The van der Waals surface area contributed by atoms with Gasteiger partial charge in [-0.05, 0) is 25.7 Å². The van der Waals surface area contributed by atoms with Crippen molar-refractivity contribution in [2.45, 2.75) is 19.8 Å². The van der Waals surface area contributed by atoms with E-state index < -0.39 is 0 Å². The molecule has 2 heterocycles. The van der Waals surface area contributed by atoms with E-state index in [1.54, 1.807) is 18.9 Å². The van der Waals surface area contributed by atoms with Gasteiger partial charge in [0.2, 0.25) is 5.82 Å². The van der Waals surface area contributed by atoms with Crippen LogP contribution < -0.4 is 0 Å². The zero-order valence-electron chi connectivity index (χ0n) is 10.3. The lowest BCUT2D eigenvalue weighted by Gasteiger charge is -2.26. The van der Waals surface area contributed by atoms with Crippen molar-refractivity contribution in [2.75, 3.05) is 26.8 Å². The van der Waals surface area contributed by atoms with Crippen LogP contribution in [0.15, 0.2) is 0 Å². The first-order valence-corrected chi connectivity index (χ1v) is 5.89. The molecule has 6 heteroatoms. The van der Waals surface area contributed by atoms with Crippen LogP contribution in [0.25, 0.3) is 0 Å². The van der Waals surface area contributed by atoms with E-state index in [0.717, 1.165) is 32.6 Å². The van der Waals surface area contributed by atoms with E-state index in [4.69, 9.17) is 4.74 Å². The summed E-state index contributed by atoms with van der Waals surface area (Å²) in [6.45, 7) is 4.12. The van der Waals surface area contributed by atoms with E-state index in [1.165, 1.54) is 0 Å². The van der Waals surface area contributed by atoms with E-state index in [2.05, 4.69) is 15.2 Å². The summed E-state index contributed by atoms with van der Waals surface area (Å²) in [4.78, 5) is 17.7. The van der Waals surface area contributed by atoms with Crippen LogP contribution in [-0.4, -0.2) is 52.8 Å². The van der Waals surface area contributed by atoms with Crippen LogP contribution in [0, 0.1) is 12.8 Å². The molecule has 1 aromatic heterocycles. The molecule has 0 saturated carbocycles. The number of hydrogen-bond acceptors (Lipinski definition) is 4. The van der Waals surface area contributed by atoms with Gasteiger partial charge >= 0.3 is 0 Å². The Morgan fingerprint density at radius 3 is 2.82 bits per heavy atom. The number of H-pyrrole nitrogens is 1. The Hall–Kier alpha value is -1.43. The zero-order chi connectivity index (χ0) is 12.3. The van der Waals surface area contributed by atoms with Crippen molar-refractivity contribution < 1.29 is 9.53 Å². The minimum atomic E-state index is -0.124. The van der Waals surface area contributed by atoms with Crippen LogP contribution in [0.2, 0.25) is 0 Å². The summed E-state index contributed by atoms with van der Waals surface area (Å²) in [7, 11) is 1.80. The molecule has 0 aliphatic carbocycles. The largest absolute Gasteiger partial charge is 0.381 e. The molecule has 0 atom stereocenters. The average molecular weight is 238 g/mol. The molecule has 1 aromatic rings. The van der Waals surface area contributed by atoms with Crippen LogP contribution in [-0.2, 0) is 4.74 Å². The second kappa shape index (κ2) is 5.27. The summed E-state index contributed by atoms with van der Waals surface area (Å²) in [5.74, 6) is 1.31. The van der Waals surface area contributed by atoms with Crippen LogP contribution in [0.3, 0.4) is 0 Å². The maximum atomic E-state index is 12.0. The lowest BCUT2D eigenvalue weighted by Crippen LogP contribution is -2.34. The van der Waals surface area contributed by atoms with Gasteiger partial charge in [-0.1, -0.05) is 0 Å². The fourth-order valence-corrected chi connectivity index (χ4v) is 2.01. The number of hydrogen-bond donors (Lipinski definition) is 1. The Morgan fingerprint density at radius 1 is 1.53 bits per heavy atom. The molecule has 0 radical (unpaired) electrons. The highest BCUT2D eigenvalue weighted by molar-refractivity contribution is 5.90. The van der Waals surface area contributed by atoms with Crippen LogP contribution in [0.5, 0.6) is 0 Å². The van der Waals surface area contributed by atoms with E-state index in [9.17, 15) is 4.79 Å². The molecular weight excluding hydrogens is 220 g/mol. The molecule has 0 unspecified atom stereocenters. The second-order valence-corrected chi connectivity index (χ2v) is 4.49. The Kier molecular flexibility index (Phi) is 3.73. The molecule has 1 aliphatic rings. The fourth-order valence-electron chi connectivity index (χ4n) is 2.01.